The highest BCUT2D eigenvalue weighted by Crippen LogP contribution is 2.15. The molecule has 1 unspecified atom stereocenters. The van der Waals surface area contributed by atoms with Gasteiger partial charge in [-0.1, -0.05) is 43.7 Å². The van der Waals surface area contributed by atoms with E-state index in [9.17, 15) is 4.39 Å². The standard InChI is InChI=1S/C19H24FN/c1-3-4-7-16-10-12-18(13-11-16)21-15(2)14-17-8-5-6-9-19(17)20/h5-6,8-13,15,21H,3-4,7,14H2,1-2H3. The van der Waals surface area contributed by atoms with Crippen LogP contribution in [0.15, 0.2) is 48.5 Å². The van der Waals surface area contributed by atoms with Crippen molar-refractivity contribution < 1.29 is 4.39 Å². The molecule has 1 N–H and O–H groups in total. The van der Waals surface area contributed by atoms with E-state index < -0.39 is 0 Å². The fourth-order valence-electron chi connectivity index (χ4n) is 2.48. The van der Waals surface area contributed by atoms with Gasteiger partial charge in [-0.25, -0.2) is 4.39 Å². The molecule has 2 aromatic rings. The number of hydrogen-bond donors (Lipinski definition) is 1. The fourth-order valence-corrected chi connectivity index (χ4v) is 2.48. The summed E-state index contributed by atoms with van der Waals surface area (Å²) in [6, 6.07) is 15.8. The second kappa shape index (κ2) is 7.82. The predicted octanol–water partition coefficient (Wildman–Crippen LogP) is 5.21. The fraction of sp³-hybridized carbons (Fsp3) is 0.368. The largest absolute Gasteiger partial charge is 0.382 e. The molecule has 21 heavy (non-hydrogen) atoms. The second-order valence-corrected chi connectivity index (χ2v) is 5.64. The van der Waals surface area contributed by atoms with Crippen molar-refractivity contribution in [1.29, 1.82) is 0 Å². The smallest absolute Gasteiger partial charge is 0.126 e. The molecule has 0 amide bonds. The summed E-state index contributed by atoms with van der Waals surface area (Å²) in [6.07, 6.45) is 4.28. The van der Waals surface area contributed by atoms with E-state index in [1.165, 1.54) is 24.5 Å². The zero-order valence-corrected chi connectivity index (χ0v) is 12.9. The lowest BCUT2D eigenvalue weighted by Gasteiger charge is -2.16. The van der Waals surface area contributed by atoms with Gasteiger partial charge in [0.15, 0.2) is 0 Å². The molecule has 1 nitrogen and oxygen atoms in total. The number of rotatable bonds is 7. The molecule has 1 atom stereocenters. The summed E-state index contributed by atoms with van der Waals surface area (Å²) in [7, 11) is 0. The lowest BCUT2D eigenvalue weighted by molar-refractivity contribution is 0.601. The third-order valence-corrected chi connectivity index (χ3v) is 3.67. The Labute approximate surface area is 127 Å². The van der Waals surface area contributed by atoms with Gasteiger partial charge in [0.25, 0.3) is 0 Å². The van der Waals surface area contributed by atoms with Crippen LogP contribution < -0.4 is 5.32 Å². The maximum Gasteiger partial charge on any atom is 0.126 e. The van der Waals surface area contributed by atoms with Crippen molar-refractivity contribution in [2.45, 2.75) is 45.6 Å². The molecule has 2 aromatic carbocycles. The number of halogens is 1. The second-order valence-electron chi connectivity index (χ2n) is 5.64. The minimum absolute atomic E-state index is 0.124. The summed E-state index contributed by atoms with van der Waals surface area (Å²) in [6.45, 7) is 4.29. The molecule has 0 saturated heterocycles. The molecule has 0 aliphatic heterocycles. The van der Waals surface area contributed by atoms with E-state index in [-0.39, 0.29) is 11.9 Å². The van der Waals surface area contributed by atoms with E-state index in [0.717, 1.165) is 17.7 Å². The van der Waals surface area contributed by atoms with Crippen molar-refractivity contribution in [2.24, 2.45) is 0 Å². The van der Waals surface area contributed by atoms with Crippen molar-refractivity contribution in [3.05, 3.63) is 65.5 Å². The lowest BCUT2D eigenvalue weighted by Crippen LogP contribution is -2.18. The van der Waals surface area contributed by atoms with Crippen LogP contribution in [0.5, 0.6) is 0 Å². The van der Waals surface area contributed by atoms with Crippen LogP contribution in [0, 0.1) is 5.82 Å². The van der Waals surface area contributed by atoms with Crippen LogP contribution in [0.1, 0.15) is 37.8 Å². The van der Waals surface area contributed by atoms with Gasteiger partial charge in [-0.2, -0.15) is 0 Å². The third-order valence-electron chi connectivity index (χ3n) is 3.67. The molecule has 112 valence electrons. The van der Waals surface area contributed by atoms with Gasteiger partial charge in [-0.15, -0.1) is 0 Å². The summed E-state index contributed by atoms with van der Waals surface area (Å²) in [5.74, 6) is -0.124. The summed E-state index contributed by atoms with van der Waals surface area (Å²) < 4.78 is 13.6. The quantitative estimate of drug-likeness (QED) is 0.736. The highest BCUT2D eigenvalue weighted by molar-refractivity contribution is 5.45. The lowest BCUT2D eigenvalue weighted by atomic mass is 10.1. The molecule has 0 aliphatic rings. The van der Waals surface area contributed by atoms with E-state index in [1.807, 2.05) is 12.1 Å². The minimum atomic E-state index is -0.124. The third kappa shape index (κ3) is 4.89. The van der Waals surface area contributed by atoms with Crippen molar-refractivity contribution in [3.63, 3.8) is 0 Å². The highest BCUT2D eigenvalue weighted by Gasteiger charge is 2.07. The molecule has 2 rings (SSSR count). The molecular weight excluding hydrogens is 261 g/mol. The normalized spacial score (nSPS) is 12.1. The highest BCUT2D eigenvalue weighted by atomic mass is 19.1. The number of unbranched alkanes of at least 4 members (excludes halogenated alkanes) is 1. The van der Waals surface area contributed by atoms with Gasteiger partial charge >= 0.3 is 0 Å². The van der Waals surface area contributed by atoms with Crippen LogP contribution in [-0.2, 0) is 12.8 Å². The number of hydrogen-bond acceptors (Lipinski definition) is 1. The van der Waals surface area contributed by atoms with Gasteiger partial charge < -0.3 is 5.32 Å². The first-order chi connectivity index (χ1) is 10.2. The van der Waals surface area contributed by atoms with Crippen LogP contribution in [0.3, 0.4) is 0 Å². The first-order valence-corrected chi connectivity index (χ1v) is 7.78. The van der Waals surface area contributed by atoms with Gasteiger partial charge in [-0.05, 0) is 55.5 Å². The first-order valence-electron chi connectivity index (χ1n) is 7.78. The maximum absolute atomic E-state index is 13.6. The molecule has 0 spiro atoms. The average molecular weight is 285 g/mol. The van der Waals surface area contributed by atoms with E-state index in [0.29, 0.717) is 6.42 Å². The van der Waals surface area contributed by atoms with Crippen LogP contribution in [0.25, 0.3) is 0 Å². The Balaban J connectivity index is 1.90. The van der Waals surface area contributed by atoms with Crippen LogP contribution in [-0.4, -0.2) is 6.04 Å². The maximum atomic E-state index is 13.6. The van der Waals surface area contributed by atoms with Crippen molar-refractivity contribution in [3.8, 4) is 0 Å². The minimum Gasteiger partial charge on any atom is -0.382 e. The average Bonchev–Trinajstić information content (AvgIpc) is 2.49. The first kappa shape index (κ1) is 15.6. The molecule has 0 radical (unpaired) electrons. The van der Waals surface area contributed by atoms with Crippen LogP contribution in [0.4, 0.5) is 10.1 Å². The number of anilines is 1. The zero-order chi connectivity index (χ0) is 15.1. The van der Waals surface area contributed by atoms with E-state index in [1.54, 1.807) is 6.07 Å². The Morgan fingerprint density at radius 1 is 1.05 bits per heavy atom. The molecule has 0 fully saturated rings. The number of nitrogens with one attached hydrogen (secondary N) is 1. The summed E-state index contributed by atoms with van der Waals surface area (Å²) in [4.78, 5) is 0. The van der Waals surface area contributed by atoms with Crippen molar-refractivity contribution >= 4 is 5.69 Å². The Bertz CT molecular complexity index is 548. The summed E-state index contributed by atoms with van der Waals surface area (Å²) in [5, 5.41) is 3.43. The molecular formula is C19H24FN. The van der Waals surface area contributed by atoms with Crippen LogP contribution in [0.2, 0.25) is 0 Å². The van der Waals surface area contributed by atoms with Gasteiger partial charge in [0, 0.05) is 11.7 Å². The molecule has 2 heteroatoms. The summed E-state index contributed by atoms with van der Waals surface area (Å²) in [5.41, 5.74) is 3.24. The zero-order valence-electron chi connectivity index (χ0n) is 12.9. The van der Waals surface area contributed by atoms with E-state index in [2.05, 4.69) is 43.4 Å². The monoisotopic (exact) mass is 285 g/mol. The van der Waals surface area contributed by atoms with Gasteiger partial charge in [0.1, 0.15) is 5.82 Å². The SMILES string of the molecule is CCCCc1ccc(NC(C)Cc2ccccc2F)cc1. The molecule has 0 aromatic heterocycles. The number of benzene rings is 2. The Kier molecular flexibility index (Phi) is 5.79. The van der Waals surface area contributed by atoms with Gasteiger partial charge in [0.2, 0.25) is 0 Å². The Hall–Kier alpha value is -1.83. The molecule has 0 aliphatic carbocycles. The van der Waals surface area contributed by atoms with E-state index in [4.69, 9.17) is 0 Å². The van der Waals surface area contributed by atoms with Gasteiger partial charge in [-0.3, -0.25) is 0 Å². The van der Waals surface area contributed by atoms with Crippen molar-refractivity contribution in [1.82, 2.24) is 0 Å². The van der Waals surface area contributed by atoms with Crippen molar-refractivity contribution in [2.75, 3.05) is 5.32 Å². The summed E-state index contributed by atoms with van der Waals surface area (Å²) >= 11 is 0. The molecule has 0 bridgehead atoms. The Morgan fingerprint density at radius 2 is 1.76 bits per heavy atom. The molecule has 0 saturated carbocycles. The molecule has 0 heterocycles. The predicted molar refractivity (Wildman–Crippen MR) is 88.2 cm³/mol. The topological polar surface area (TPSA) is 12.0 Å². The van der Waals surface area contributed by atoms with E-state index >= 15 is 0 Å². The van der Waals surface area contributed by atoms with Crippen LogP contribution >= 0.6 is 0 Å². The Morgan fingerprint density at radius 3 is 2.43 bits per heavy atom. The number of aryl methyl sites for hydroxylation is 1. The van der Waals surface area contributed by atoms with Gasteiger partial charge in [0.05, 0.1) is 0 Å².